The maximum Gasteiger partial charge on any atom is 0.275 e. The lowest BCUT2D eigenvalue weighted by Crippen LogP contribution is -2.14. The van der Waals surface area contributed by atoms with E-state index in [1.807, 2.05) is 0 Å². The van der Waals surface area contributed by atoms with Crippen molar-refractivity contribution in [1.29, 1.82) is 0 Å². The van der Waals surface area contributed by atoms with Crippen molar-refractivity contribution in [1.82, 2.24) is 10.5 Å². The van der Waals surface area contributed by atoms with Crippen molar-refractivity contribution in [2.45, 2.75) is 13.1 Å². The molecule has 0 amide bonds. The summed E-state index contributed by atoms with van der Waals surface area (Å²) in [5.41, 5.74) is 1.48. The number of nitro benzene ring substituents is 1. The van der Waals surface area contributed by atoms with E-state index in [1.165, 1.54) is 12.3 Å². The third-order valence-electron chi connectivity index (χ3n) is 2.36. The van der Waals surface area contributed by atoms with Crippen LogP contribution in [0.5, 0.6) is 0 Å². The number of aromatic nitrogens is 1. The standard InChI is InChI=1S/C11H10BrN3O3/c12-9-2-1-8(11(5-9)15(16)17)6-13-7-10-3-4-18-14-10/h1-5,13H,6-7H2. The Morgan fingerprint density at radius 1 is 1.39 bits per heavy atom. The molecule has 0 spiro atoms. The third-order valence-corrected chi connectivity index (χ3v) is 2.85. The van der Waals surface area contributed by atoms with Gasteiger partial charge in [-0.25, -0.2) is 0 Å². The van der Waals surface area contributed by atoms with Crippen molar-refractivity contribution in [2.24, 2.45) is 0 Å². The molecule has 0 aliphatic rings. The summed E-state index contributed by atoms with van der Waals surface area (Å²) in [5.74, 6) is 0. The second kappa shape index (κ2) is 5.74. The zero-order chi connectivity index (χ0) is 13.0. The number of benzene rings is 1. The molecule has 2 rings (SSSR count). The molecule has 6 nitrogen and oxygen atoms in total. The normalized spacial score (nSPS) is 10.5. The van der Waals surface area contributed by atoms with Crippen molar-refractivity contribution in [3.63, 3.8) is 0 Å². The Hall–Kier alpha value is -1.73. The molecule has 0 aliphatic heterocycles. The predicted octanol–water partition coefficient (Wildman–Crippen LogP) is 2.64. The fraction of sp³-hybridized carbons (Fsp3) is 0.182. The topological polar surface area (TPSA) is 81.2 Å². The van der Waals surface area contributed by atoms with Gasteiger partial charge in [-0.05, 0) is 12.1 Å². The summed E-state index contributed by atoms with van der Waals surface area (Å²) in [7, 11) is 0. The Morgan fingerprint density at radius 2 is 2.22 bits per heavy atom. The molecular formula is C11H10BrN3O3. The van der Waals surface area contributed by atoms with Crippen LogP contribution in [-0.2, 0) is 13.1 Å². The summed E-state index contributed by atoms with van der Waals surface area (Å²) in [4.78, 5) is 10.5. The summed E-state index contributed by atoms with van der Waals surface area (Å²) in [6.45, 7) is 0.903. The van der Waals surface area contributed by atoms with Crippen molar-refractivity contribution in [2.75, 3.05) is 0 Å². The van der Waals surface area contributed by atoms with E-state index in [2.05, 4.69) is 26.4 Å². The van der Waals surface area contributed by atoms with Gasteiger partial charge in [-0.15, -0.1) is 0 Å². The van der Waals surface area contributed by atoms with Crippen molar-refractivity contribution < 1.29 is 9.45 Å². The maximum atomic E-state index is 10.9. The molecule has 1 N–H and O–H groups in total. The zero-order valence-electron chi connectivity index (χ0n) is 9.30. The van der Waals surface area contributed by atoms with Crippen LogP contribution < -0.4 is 5.32 Å². The first-order valence-corrected chi connectivity index (χ1v) is 5.99. The van der Waals surface area contributed by atoms with Crippen LogP contribution in [0.15, 0.2) is 39.5 Å². The van der Waals surface area contributed by atoms with Gasteiger partial charge < -0.3 is 9.84 Å². The molecule has 0 saturated carbocycles. The Bertz CT molecular complexity index is 542. The zero-order valence-corrected chi connectivity index (χ0v) is 10.9. The number of hydrogen-bond acceptors (Lipinski definition) is 5. The van der Waals surface area contributed by atoms with Gasteiger partial charge in [0.05, 0.1) is 10.6 Å². The highest BCUT2D eigenvalue weighted by atomic mass is 79.9. The lowest BCUT2D eigenvalue weighted by molar-refractivity contribution is -0.385. The van der Waals surface area contributed by atoms with E-state index in [9.17, 15) is 10.1 Å². The third kappa shape index (κ3) is 3.14. The second-order valence-corrected chi connectivity index (χ2v) is 4.54. The Morgan fingerprint density at radius 3 is 2.89 bits per heavy atom. The largest absolute Gasteiger partial charge is 0.364 e. The molecule has 0 fully saturated rings. The molecule has 0 bridgehead atoms. The average Bonchev–Trinajstić information content (AvgIpc) is 2.84. The molecule has 94 valence electrons. The number of hydrogen-bond donors (Lipinski definition) is 1. The fourth-order valence-electron chi connectivity index (χ4n) is 1.51. The van der Waals surface area contributed by atoms with Gasteiger partial charge in [-0.1, -0.05) is 21.1 Å². The average molecular weight is 312 g/mol. The summed E-state index contributed by atoms with van der Waals surface area (Å²) in [6, 6.07) is 6.73. The first-order chi connectivity index (χ1) is 8.66. The molecule has 7 heteroatoms. The highest BCUT2D eigenvalue weighted by Gasteiger charge is 2.13. The Kier molecular flexibility index (Phi) is 4.06. The van der Waals surface area contributed by atoms with Crippen LogP contribution in [0.1, 0.15) is 11.3 Å². The van der Waals surface area contributed by atoms with E-state index in [0.717, 1.165) is 5.69 Å². The van der Waals surface area contributed by atoms with Gasteiger partial charge in [-0.2, -0.15) is 0 Å². The molecule has 0 unspecified atom stereocenters. The summed E-state index contributed by atoms with van der Waals surface area (Å²) in [5, 5.41) is 17.7. The van der Waals surface area contributed by atoms with Crippen LogP contribution in [-0.4, -0.2) is 10.1 Å². The van der Waals surface area contributed by atoms with Gasteiger partial charge in [0.2, 0.25) is 0 Å². The first kappa shape index (κ1) is 12.7. The monoisotopic (exact) mass is 311 g/mol. The van der Waals surface area contributed by atoms with Crippen LogP contribution in [0.2, 0.25) is 0 Å². The van der Waals surface area contributed by atoms with Gasteiger partial charge in [0.1, 0.15) is 6.26 Å². The summed E-state index contributed by atoms with van der Waals surface area (Å²) < 4.78 is 5.38. The van der Waals surface area contributed by atoms with E-state index in [1.54, 1.807) is 18.2 Å². The van der Waals surface area contributed by atoms with E-state index in [-0.39, 0.29) is 5.69 Å². The minimum atomic E-state index is -0.391. The number of nitro groups is 1. The van der Waals surface area contributed by atoms with E-state index < -0.39 is 4.92 Å². The Balaban J connectivity index is 2.02. The van der Waals surface area contributed by atoms with Gasteiger partial charge in [0.15, 0.2) is 0 Å². The van der Waals surface area contributed by atoms with Gasteiger partial charge in [0, 0.05) is 35.3 Å². The van der Waals surface area contributed by atoms with Crippen LogP contribution in [0.3, 0.4) is 0 Å². The summed E-state index contributed by atoms with van der Waals surface area (Å²) in [6.07, 6.45) is 1.49. The highest BCUT2D eigenvalue weighted by Crippen LogP contribution is 2.23. The molecule has 1 heterocycles. The van der Waals surface area contributed by atoms with Gasteiger partial charge in [0.25, 0.3) is 5.69 Å². The van der Waals surface area contributed by atoms with Crippen LogP contribution in [0.4, 0.5) is 5.69 Å². The molecule has 0 aliphatic carbocycles. The SMILES string of the molecule is O=[N+]([O-])c1cc(Br)ccc1CNCc1ccon1. The van der Waals surface area contributed by atoms with Gasteiger partial charge >= 0.3 is 0 Å². The predicted molar refractivity (Wildman–Crippen MR) is 67.8 cm³/mol. The van der Waals surface area contributed by atoms with Crippen LogP contribution in [0, 0.1) is 10.1 Å². The lowest BCUT2D eigenvalue weighted by atomic mass is 10.2. The Labute approximate surface area is 111 Å². The lowest BCUT2D eigenvalue weighted by Gasteiger charge is -2.04. The quantitative estimate of drug-likeness (QED) is 0.678. The van der Waals surface area contributed by atoms with E-state index in [0.29, 0.717) is 23.1 Å². The number of nitrogens with one attached hydrogen (secondary N) is 1. The van der Waals surface area contributed by atoms with Crippen molar-refractivity contribution >= 4 is 21.6 Å². The number of rotatable bonds is 5. The molecule has 1 aromatic heterocycles. The first-order valence-electron chi connectivity index (χ1n) is 5.19. The molecule has 0 saturated heterocycles. The van der Waals surface area contributed by atoms with E-state index >= 15 is 0 Å². The maximum absolute atomic E-state index is 10.9. The smallest absolute Gasteiger partial charge is 0.275 e. The molecular weight excluding hydrogens is 302 g/mol. The number of nitrogens with zero attached hydrogens (tertiary/aromatic N) is 2. The number of halogens is 1. The fourth-order valence-corrected chi connectivity index (χ4v) is 1.86. The minimum absolute atomic E-state index is 0.0945. The molecule has 18 heavy (non-hydrogen) atoms. The second-order valence-electron chi connectivity index (χ2n) is 3.62. The van der Waals surface area contributed by atoms with Gasteiger partial charge in [-0.3, -0.25) is 10.1 Å². The van der Waals surface area contributed by atoms with Crippen molar-refractivity contribution in [3.8, 4) is 0 Å². The van der Waals surface area contributed by atoms with Crippen LogP contribution >= 0.6 is 15.9 Å². The molecule has 0 atom stereocenters. The minimum Gasteiger partial charge on any atom is -0.364 e. The van der Waals surface area contributed by atoms with Crippen molar-refractivity contribution in [3.05, 3.63) is 56.4 Å². The summed E-state index contributed by atoms with van der Waals surface area (Å²) >= 11 is 3.22. The van der Waals surface area contributed by atoms with E-state index in [4.69, 9.17) is 4.52 Å². The molecule has 0 radical (unpaired) electrons. The molecule has 1 aromatic carbocycles. The highest BCUT2D eigenvalue weighted by molar-refractivity contribution is 9.10. The molecule has 2 aromatic rings. The van der Waals surface area contributed by atoms with Crippen LogP contribution in [0.25, 0.3) is 0 Å².